The fraction of sp³-hybridized carbons (Fsp3) is 0. The van der Waals surface area contributed by atoms with Crippen LogP contribution in [0.2, 0.25) is 0 Å². The van der Waals surface area contributed by atoms with Gasteiger partial charge in [-0.2, -0.15) is 4.37 Å². The molecule has 2 aromatic carbocycles. The Hall–Kier alpha value is -2.70. The molecule has 0 amide bonds. The van der Waals surface area contributed by atoms with Gasteiger partial charge in [0.2, 0.25) is 0 Å². The Morgan fingerprint density at radius 3 is 2.04 bits per heavy atom. The molecular formula is C18H18N4S2. The molecule has 0 aliphatic rings. The SMILES string of the molecule is NC(=S)/C=C(/N)c1ccccc1.Nc1cc(-c2ccccc2)ns1. The van der Waals surface area contributed by atoms with E-state index in [1.807, 2.05) is 66.7 Å². The second-order valence-electron chi connectivity index (χ2n) is 4.85. The van der Waals surface area contributed by atoms with Crippen molar-refractivity contribution in [2.45, 2.75) is 0 Å². The summed E-state index contributed by atoms with van der Waals surface area (Å²) in [4.78, 5) is 0.302. The highest BCUT2D eigenvalue weighted by atomic mass is 32.1. The molecule has 24 heavy (non-hydrogen) atoms. The van der Waals surface area contributed by atoms with Crippen LogP contribution < -0.4 is 17.2 Å². The maximum Gasteiger partial charge on any atom is 0.107 e. The van der Waals surface area contributed by atoms with Crippen LogP contribution in [0.4, 0.5) is 5.00 Å². The summed E-state index contributed by atoms with van der Waals surface area (Å²) in [5.41, 5.74) is 20.2. The van der Waals surface area contributed by atoms with Gasteiger partial charge in [-0.25, -0.2) is 0 Å². The first-order valence-corrected chi connectivity index (χ1v) is 8.34. The van der Waals surface area contributed by atoms with Crippen LogP contribution in [0.3, 0.4) is 0 Å². The maximum atomic E-state index is 5.69. The largest absolute Gasteiger partial charge is 0.398 e. The van der Waals surface area contributed by atoms with Gasteiger partial charge in [0.15, 0.2) is 0 Å². The van der Waals surface area contributed by atoms with E-state index >= 15 is 0 Å². The van der Waals surface area contributed by atoms with Crippen LogP contribution >= 0.6 is 23.8 Å². The number of nitrogens with two attached hydrogens (primary N) is 3. The highest BCUT2D eigenvalue weighted by Gasteiger charge is 1.99. The van der Waals surface area contributed by atoms with Gasteiger partial charge in [0.05, 0.1) is 10.7 Å². The van der Waals surface area contributed by atoms with Crippen molar-refractivity contribution in [3.05, 3.63) is 78.4 Å². The lowest BCUT2D eigenvalue weighted by atomic mass is 10.1. The van der Waals surface area contributed by atoms with E-state index in [-0.39, 0.29) is 0 Å². The zero-order valence-electron chi connectivity index (χ0n) is 12.9. The Labute approximate surface area is 150 Å². The number of hydrogen-bond acceptors (Lipinski definition) is 5. The summed E-state index contributed by atoms with van der Waals surface area (Å²) in [5.74, 6) is 0. The molecule has 0 aliphatic carbocycles. The molecule has 0 spiro atoms. The number of hydrogen-bond donors (Lipinski definition) is 3. The normalized spacial score (nSPS) is 10.6. The van der Waals surface area contributed by atoms with Crippen molar-refractivity contribution in [1.29, 1.82) is 0 Å². The molecule has 4 nitrogen and oxygen atoms in total. The first-order chi connectivity index (χ1) is 11.6. The number of nitrogen functional groups attached to an aromatic ring is 1. The fourth-order valence-electron chi connectivity index (χ4n) is 1.90. The zero-order chi connectivity index (χ0) is 17.4. The fourth-order valence-corrected chi connectivity index (χ4v) is 2.55. The maximum absolute atomic E-state index is 5.69. The predicted octanol–water partition coefficient (Wildman–Crippen LogP) is 3.66. The molecule has 0 bridgehead atoms. The van der Waals surface area contributed by atoms with Gasteiger partial charge < -0.3 is 17.2 Å². The van der Waals surface area contributed by atoms with Crippen LogP contribution in [0.15, 0.2) is 72.8 Å². The monoisotopic (exact) mass is 354 g/mol. The molecule has 0 unspecified atom stereocenters. The van der Waals surface area contributed by atoms with Crippen molar-refractivity contribution in [3.63, 3.8) is 0 Å². The van der Waals surface area contributed by atoms with Crippen LogP contribution in [-0.4, -0.2) is 9.36 Å². The molecule has 122 valence electrons. The molecule has 0 aliphatic heterocycles. The van der Waals surface area contributed by atoms with E-state index in [9.17, 15) is 0 Å². The van der Waals surface area contributed by atoms with Gasteiger partial charge in [0.1, 0.15) is 5.00 Å². The second kappa shape index (κ2) is 8.81. The van der Waals surface area contributed by atoms with Crippen LogP contribution in [0.5, 0.6) is 0 Å². The van der Waals surface area contributed by atoms with E-state index in [1.54, 1.807) is 6.08 Å². The summed E-state index contributed by atoms with van der Waals surface area (Å²) >= 11 is 6.02. The van der Waals surface area contributed by atoms with Gasteiger partial charge in [-0.15, -0.1) is 0 Å². The highest BCUT2D eigenvalue weighted by molar-refractivity contribution is 7.80. The number of aromatic nitrogens is 1. The van der Waals surface area contributed by atoms with Crippen LogP contribution in [0.1, 0.15) is 5.56 Å². The molecule has 1 aromatic heterocycles. The molecule has 0 fully saturated rings. The Kier molecular flexibility index (Phi) is 6.48. The van der Waals surface area contributed by atoms with Gasteiger partial charge in [0.25, 0.3) is 0 Å². The molecule has 0 saturated carbocycles. The zero-order valence-corrected chi connectivity index (χ0v) is 14.6. The van der Waals surface area contributed by atoms with Gasteiger partial charge >= 0.3 is 0 Å². The van der Waals surface area contributed by atoms with Gasteiger partial charge in [-0.3, -0.25) is 0 Å². The van der Waals surface area contributed by atoms with Gasteiger partial charge in [-0.05, 0) is 23.2 Å². The third-order valence-corrected chi connectivity index (χ3v) is 3.74. The summed E-state index contributed by atoms with van der Waals surface area (Å²) in [6.45, 7) is 0. The van der Waals surface area contributed by atoms with Gasteiger partial charge in [0, 0.05) is 17.3 Å². The Morgan fingerprint density at radius 2 is 1.54 bits per heavy atom. The average molecular weight is 355 g/mol. The number of thiocarbonyl (C=S) groups is 1. The van der Waals surface area contributed by atoms with Crippen molar-refractivity contribution < 1.29 is 0 Å². The van der Waals surface area contributed by atoms with E-state index in [0.717, 1.165) is 21.8 Å². The summed E-state index contributed by atoms with van der Waals surface area (Å²) in [5, 5.41) is 0.758. The molecule has 1 heterocycles. The van der Waals surface area contributed by atoms with Crippen molar-refractivity contribution in [1.82, 2.24) is 4.37 Å². The Morgan fingerprint density at radius 1 is 0.958 bits per heavy atom. The minimum absolute atomic E-state index is 0.302. The third-order valence-electron chi connectivity index (χ3n) is 3.00. The average Bonchev–Trinajstić information content (AvgIpc) is 3.03. The highest BCUT2D eigenvalue weighted by Crippen LogP contribution is 2.22. The van der Waals surface area contributed by atoms with E-state index in [4.69, 9.17) is 29.4 Å². The first kappa shape index (κ1) is 17.7. The molecule has 0 atom stereocenters. The number of nitrogens with zero attached hydrogens (tertiary/aromatic N) is 1. The number of benzene rings is 2. The minimum Gasteiger partial charge on any atom is -0.398 e. The summed E-state index contributed by atoms with van der Waals surface area (Å²) < 4.78 is 4.20. The molecule has 3 rings (SSSR count). The quantitative estimate of drug-likeness (QED) is 0.493. The van der Waals surface area contributed by atoms with Crippen molar-refractivity contribution in [3.8, 4) is 11.3 Å². The molecule has 0 radical (unpaired) electrons. The van der Waals surface area contributed by atoms with E-state index < -0.39 is 0 Å². The molecule has 0 saturated heterocycles. The Bertz CT molecular complexity index is 811. The predicted molar refractivity (Wildman–Crippen MR) is 107 cm³/mol. The summed E-state index contributed by atoms with van der Waals surface area (Å²) in [6.07, 6.45) is 1.57. The topological polar surface area (TPSA) is 91.0 Å². The minimum atomic E-state index is 0.302. The van der Waals surface area contributed by atoms with E-state index in [2.05, 4.69) is 4.37 Å². The smallest absolute Gasteiger partial charge is 0.107 e. The lowest BCUT2D eigenvalue weighted by molar-refractivity contribution is 1.52. The van der Waals surface area contributed by atoms with E-state index in [0.29, 0.717) is 10.7 Å². The van der Waals surface area contributed by atoms with Gasteiger partial charge in [-0.1, -0.05) is 72.9 Å². The Balaban J connectivity index is 0.000000174. The van der Waals surface area contributed by atoms with Crippen molar-refractivity contribution in [2.75, 3.05) is 5.73 Å². The standard InChI is InChI=1S/C9H8N2S.C9H10N2S/c10-9-6-8(11-12-9)7-4-2-1-3-5-7;10-8(6-9(11)12)7-4-2-1-3-5-7/h1-6H,10H2;1-6H,10H2,(H2,11,12)/b;8-6+. The summed E-state index contributed by atoms with van der Waals surface area (Å²) in [7, 11) is 0. The van der Waals surface area contributed by atoms with E-state index in [1.165, 1.54) is 11.5 Å². The number of anilines is 1. The lowest BCUT2D eigenvalue weighted by Crippen LogP contribution is -2.07. The second-order valence-corrected chi connectivity index (χ2v) is 6.16. The molecule has 6 N–H and O–H groups in total. The van der Waals surface area contributed by atoms with Crippen LogP contribution in [-0.2, 0) is 0 Å². The van der Waals surface area contributed by atoms with Crippen LogP contribution in [0, 0.1) is 0 Å². The summed E-state index contributed by atoms with van der Waals surface area (Å²) in [6, 6.07) is 21.5. The van der Waals surface area contributed by atoms with Crippen molar-refractivity contribution >= 4 is 39.4 Å². The van der Waals surface area contributed by atoms with Crippen LogP contribution in [0.25, 0.3) is 17.0 Å². The lowest BCUT2D eigenvalue weighted by Gasteiger charge is -1.99. The molecule has 6 heteroatoms. The third kappa shape index (κ3) is 5.49. The molecular weight excluding hydrogens is 336 g/mol. The van der Waals surface area contributed by atoms with Crippen molar-refractivity contribution in [2.24, 2.45) is 11.5 Å². The molecule has 3 aromatic rings. The number of rotatable bonds is 3. The first-order valence-electron chi connectivity index (χ1n) is 7.16.